The maximum Gasteiger partial charge on any atom is 0.490 e. The third-order valence-corrected chi connectivity index (χ3v) is 19.5. The van der Waals surface area contributed by atoms with E-state index in [4.69, 9.17) is 24.0 Å². The first-order valence-corrected chi connectivity index (χ1v) is 28.1. The number of carbonyl (C=O) groups is 3. The van der Waals surface area contributed by atoms with Gasteiger partial charge < -0.3 is 54.6 Å². The molecular formula is C43H63N4O20P3. The molecule has 70 heavy (non-hydrogen) atoms. The fourth-order valence-corrected chi connectivity index (χ4v) is 15.3. The van der Waals surface area contributed by atoms with Crippen LogP contribution in [0.2, 0.25) is 0 Å². The molecule has 1 saturated heterocycles. The summed E-state index contributed by atoms with van der Waals surface area (Å²) >= 11 is 0. The van der Waals surface area contributed by atoms with Gasteiger partial charge >= 0.3 is 35.1 Å². The van der Waals surface area contributed by atoms with Crippen LogP contribution in [0, 0.1) is 46.3 Å². The lowest BCUT2D eigenvalue weighted by Gasteiger charge is -2.65. The first-order chi connectivity index (χ1) is 32.8. The molecule has 0 radical (unpaired) electrons. The topological polar surface area (TPSA) is 358 Å². The lowest BCUT2D eigenvalue weighted by molar-refractivity contribution is -0.245. The van der Waals surface area contributed by atoms with E-state index < -0.39 is 70.8 Å². The molecule has 13 atom stereocenters. The van der Waals surface area contributed by atoms with Gasteiger partial charge in [0.25, 0.3) is 5.56 Å². The smallest absolute Gasteiger partial charge is 0.458 e. The number of aromatic nitrogens is 2. The average molecular weight is 1050 g/mol. The molecule has 27 heteroatoms. The van der Waals surface area contributed by atoms with E-state index in [0.29, 0.717) is 51.0 Å². The Bertz CT molecular complexity index is 2520. The van der Waals surface area contributed by atoms with Crippen molar-refractivity contribution in [1.82, 2.24) is 20.2 Å². The number of aliphatic hydroxyl groups excluding tert-OH is 1. The van der Waals surface area contributed by atoms with Gasteiger partial charge in [-0.25, -0.2) is 23.3 Å². The molecule has 0 bridgehead atoms. The molecule has 9 N–H and O–H groups in total. The molecule has 0 aromatic carbocycles. The highest BCUT2D eigenvalue weighted by Gasteiger charge is 2.71. The van der Waals surface area contributed by atoms with Crippen LogP contribution in [0.5, 0.6) is 0 Å². The van der Waals surface area contributed by atoms with Gasteiger partial charge in [0.15, 0.2) is 0 Å². The van der Waals surface area contributed by atoms with Crippen LogP contribution in [-0.2, 0) is 55.4 Å². The summed E-state index contributed by atoms with van der Waals surface area (Å²) in [7, 11) is -16.7. The van der Waals surface area contributed by atoms with Crippen LogP contribution in [-0.4, -0.2) is 114 Å². The number of esters is 1. The normalized spacial score (nSPS) is 34.3. The highest BCUT2D eigenvalue weighted by Crippen LogP contribution is 2.70. The first kappa shape index (κ1) is 54.4. The van der Waals surface area contributed by atoms with Gasteiger partial charge in [0.05, 0.1) is 37.1 Å². The molecule has 2 aliphatic heterocycles. The zero-order valence-electron chi connectivity index (χ0n) is 38.9. The molecule has 1 aromatic rings. The van der Waals surface area contributed by atoms with Crippen molar-refractivity contribution in [2.75, 3.05) is 32.9 Å². The molecule has 5 fully saturated rings. The van der Waals surface area contributed by atoms with Crippen molar-refractivity contribution < 1.29 is 85.2 Å². The summed E-state index contributed by atoms with van der Waals surface area (Å²) in [6, 6.07) is 0. The monoisotopic (exact) mass is 1050 g/mol. The minimum Gasteiger partial charge on any atom is -0.458 e. The first-order valence-electron chi connectivity index (χ1n) is 23.5. The van der Waals surface area contributed by atoms with Crippen molar-refractivity contribution >= 4 is 41.3 Å². The second-order valence-electron chi connectivity index (χ2n) is 19.7. The number of hydrogen-bond donors (Lipinski definition) is 9. The van der Waals surface area contributed by atoms with E-state index in [-0.39, 0.29) is 91.6 Å². The predicted molar refractivity (Wildman–Crippen MR) is 242 cm³/mol. The van der Waals surface area contributed by atoms with Crippen LogP contribution >= 0.6 is 23.5 Å². The van der Waals surface area contributed by atoms with Gasteiger partial charge in [0.1, 0.15) is 25.0 Å². The number of hydrogen-bond acceptors (Lipinski definition) is 16. The van der Waals surface area contributed by atoms with Gasteiger partial charge in [-0.15, -0.1) is 0 Å². The Morgan fingerprint density at radius 2 is 1.69 bits per heavy atom. The van der Waals surface area contributed by atoms with Gasteiger partial charge in [0.2, 0.25) is 11.8 Å². The molecule has 390 valence electrons. The maximum atomic E-state index is 12.7. The summed E-state index contributed by atoms with van der Waals surface area (Å²) in [5, 5.41) is 29.8. The largest absolute Gasteiger partial charge is 0.490 e. The van der Waals surface area contributed by atoms with Crippen molar-refractivity contribution in [1.29, 1.82) is 0 Å². The number of amides is 2. The van der Waals surface area contributed by atoms with Gasteiger partial charge in [0, 0.05) is 30.7 Å². The number of phosphoric ester groups is 1. The number of phosphoric acid groups is 3. The molecule has 4 saturated carbocycles. The number of rotatable bonds is 19. The number of ether oxygens (including phenoxy) is 3. The number of aliphatic hydroxyl groups is 2. The van der Waals surface area contributed by atoms with Crippen LogP contribution < -0.4 is 21.9 Å². The molecule has 24 nitrogen and oxygen atoms in total. The van der Waals surface area contributed by atoms with Crippen LogP contribution in [0.25, 0.3) is 0 Å². The maximum absolute atomic E-state index is 12.7. The standard InChI is InChI=1S/C43H63N4O20P3/c1-41-15-13-29(20-28(41)9-11-32-33(41)21-34(48)42(2)31(14-16-43(32,42)54)27-19-38(51)63-23-27)62-25-36(50)45-17-5-3-4-8-35(49)44-18-6-7-26-22-47(40(53)46-39(26)52)37-12-10-30(65-37)24-64-69(58,59)67-70(60,61)66-68(55,56)57/h19,22,28-34,37,48,54H,3-5,8-18,20-21,23-25H2,1-2H3,(H,44,49)(H,45,50)(H,58,59)(H,60,61)(H,46,52,53)(H2,55,56,57)/t28-,29+,30+,31-,32-,33+,34-,37-,41+,42+,43+/m1/s1. The Balaban J connectivity index is 0.764. The van der Waals surface area contributed by atoms with Gasteiger partial charge in [-0.2, -0.15) is 8.62 Å². The zero-order valence-corrected chi connectivity index (χ0v) is 41.6. The second-order valence-corrected chi connectivity index (χ2v) is 24.1. The molecular weight excluding hydrogens is 985 g/mol. The van der Waals surface area contributed by atoms with Crippen molar-refractivity contribution in [3.8, 4) is 11.8 Å². The predicted octanol–water partition coefficient (Wildman–Crippen LogP) is 2.31. The van der Waals surface area contributed by atoms with E-state index in [1.165, 1.54) is 0 Å². The fraction of sp³-hybridized carbons (Fsp3) is 0.744. The number of fused-ring (bicyclic) bond motifs is 5. The molecule has 0 spiro atoms. The Hall–Kier alpha value is -3.36. The summed E-state index contributed by atoms with van der Waals surface area (Å²) in [5.74, 6) is 4.83. The molecule has 6 aliphatic rings. The minimum absolute atomic E-state index is 0.0497. The van der Waals surface area contributed by atoms with E-state index in [0.717, 1.165) is 48.4 Å². The lowest BCUT2D eigenvalue weighted by Crippen LogP contribution is -2.67. The fourth-order valence-electron chi connectivity index (χ4n) is 12.2. The third-order valence-electron chi connectivity index (χ3n) is 15.7. The lowest BCUT2D eigenvalue weighted by atomic mass is 9.42. The van der Waals surface area contributed by atoms with Crippen LogP contribution in [0.15, 0.2) is 27.4 Å². The number of cyclic esters (lactones) is 1. The number of unbranched alkanes of at least 4 members (excludes halogenated alkanes) is 2. The van der Waals surface area contributed by atoms with Gasteiger partial charge in [-0.05, 0) is 112 Å². The third kappa shape index (κ3) is 12.3. The van der Waals surface area contributed by atoms with Crippen molar-refractivity contribution in [2.45, 2.75) is 134 Å². The van der Waals surface area contributed by atoms with E-state index in [2.05, 4.69) is 47.5 Å². The van der Waals surface area contributed by atoms with Crippen molar-refractivity contribution in [3.63, 3.8) is 0 Å². The number of carbonyl (C=O) groups excluding carboxylic acids is 3. The van der Waals surface area contributed by atoms with Crippen LogP contribution in [0.3, 0.4) is 0 Å². The van der Waals surface area contributed by atoms with E-state index in [9.17, 15) is 57.7 Å². The SMILES string of the molecule is C[C@]12CC[C@H](OCC(=O)NCCCCCC(=O)NCC#Cc3cn([C@H]4CC[C@@H](COP(=O)(O)OP(=O)(O)OP(=O)(O)O)O4)c(=O)[nH]c3=O)C[C@H]1CC[C@@H]1[C@@H]2C[C@@H](O)[C@]2(C)[C@@H](C3=CC(=O)OC3)CC[C@]12O. The second kappa shape index (κ2) is 21.6. The quantitative estimate of drug-likeness (QED) is 0.0415. The molecule has 2 amide bonds. The Kier molecular flexibility index (Phi) is 16.8. The summed E-state index contributed by atoms with van der Waals surface area (Å²) in [6.07, 6.45) is 8.46. The van der Waals surface area contributed by atoms with Crippen molar-refractivity contribution in [2.24, 2.45) is 34.5 Å². The van der Waals surface area contributed by atoms with E-state index in [1.807, 2.05) is 6.92 Å². The zero-order chi connectivity index (χ0) is 50.9. The number of nitrogens with one attached hydrogen (secondary N) is 3. The van der Waals surface area contributed by atoms with Crippen molar-refractivity contribution in [3.05, 3.63) is 44.2 Å². The average Bonchev–Trinajstić information content (AvgIpc) is 3.99. The molecule has 1 aromatic heterocycles. The molecule has 3 heterocycles. The van der Waals surface area contributed by atoms with Crippen LogP contribution in [0.4, 0.5) is 0 Å². The minimum atomic E-state index is -5.71. The summed E-state index contributed by atoms with van der Waals surface area (Å²) in [6.45, 7) is 4.08. The molecule has 2 unspecified atom stereocenters. The molecule has 7 rings (SSSR count). The highest BCUT2D eigenvalue weighted by molar-refractivity contribution is 7.66. The summed E-state index contributed by atoms with van der Waals surface area (Å²) < 4.78 is 64.3. The summed E-state index contributed by atoms with van der Waals surface area (Å²) in [5.41, 5.74) is -2.78. The van der Waals surface area contributed by atoms with Gasteiger partial charge in [-0.3, -0.25) is 28.5 Å². The van der Waals surface area contributed by atoms with E-state index >= 15 is 0 Å². The summed E-state index contributed by atoms with van der Waals surface area (Å²) in [4.78, 5) is 100. The van der Waals surface area contributed by atoms with Gasteiger partial charge in [-0.1, -0.05) is 32.1 Å². The number of H-pyrrole nitrogens is 1. The Labute approximate surface area is 403 Å². The Morgan fingerprint density at radius 1 is 0.914 bits per heavy atom. The highest BCUT2D eigenvalue weighted by atomic mass is 31.3. The number of aromatic amines is 1. The Morgan fingerprint density at radius 3 is 2.41 bits per heavy atom. The number of nitrogens with zero attached hydrogens (tertiary/aromatic N) is 1. The van der Waals surface area contributed by atoms with E-state index in [1.54, 1.807) is 6.08 Å². The molecule has 4 aliphatic carbocycles. The van der Waals surface area contributed by atoms with Crippen LogP contribution in [0.1, 0.15) is 116 Å².